The summed E-state index contributed by atoms with van der Waals surface area (Å²) < 4.78 is 5.46. The van der Waals surface area contributed by atoms with Crippen LogP contribution in [0.15, 0.2) is 60.7 Å². The monoisotopic (exact) mass is 329 g/mol. The lowest BCUT2D eigenvalue weighted by Gasteiger charge is -2.13. The molecule has 2 rings (SSSR count). The van der Waals surface area contributed by atoms with Crippen LogP contribution in [0, 0.1) is 0 Å². The fraction of sp³-hybridized carbons (Fsp3) is 0.278. The zero-order valence-corrected chi connectivity index (χ0v) is 13.4. The summed E-state index contributed by atoms with van der Waals surface area (Å²) in [4.78, 5) is 11.6. The molecule has 0 aliphatic rings. The Kier molecular flexibility index (Phi) is 7.59. The van der Waals surface area contributed by atoms with Crippen molar-refractivity contribution in [3.63, 3.8) is 0 Å². The van der Waals surface area contributed by atoms with Crippen LogP contribution in [-0.2, 0) is 0 Å². The number of hydrogen-bond donors (Lipinski definition) is 4. The van der Waals surface area contributed by atoms with Crippen LogP contribution in [-0.4, -0.2) is 43.5 Å². The molecule has 24 heavy (non-hydrogen) atoms. The molecular formula is C18H23N3O3. The van der Waals surface area contributed by atoms with Crippen LogP contribution >= 0.6 is 0 Å². The van der Waals surface area contributed by atoms with E-state index in [-0.39, 0.29) is 12.6 Å². The number of anilines is 1. The van der Waals surface area contributed by atoms with Crippen molar-refractivity contribution in [2.45, 2.75) is 6.10 Å². The average Bonchev–Trinajstić information content (AvgIpc) is 2.61. The van der Waals surface area contributed by atoms with Crippen LogP contribution in [0.1, 0.15) is 0 Å². The second-order valence-corrected chi connectivity index (χ2v) is 5.23. The summed E-state index contributed by atoms with van der Waals surface area (Å²) in [6.45, 7) is 1.64. The van der Waals surface area contributed by atoms with E-state index in [0.29, 0.717) is 19.6 Å². The Bertz CT molecular complexity index is 593. The fourth-order valence-corrected chi connectivity index (χ4v) is 2.00. The Morgan fingerprint density at radius 3 is 2.38 bits per heavy atom. The first-order chi connectivity index (χ1) is 11.7. The van der Waals surface area contributed by atoms with Crippen LogP contribution in [0.2, 0.25) is 0 Å². The highest BCUT2D eigenvalue weighted by atomic mass is 16.5. The SMILES string of the molecule is O=C(NCCNC[C@H](O)COc1ccccc1)Nc1ccccc1. The largest absolute Gasteiger partial charge is 0.491 e. The predicted octanol–water partition coefficient (Wildman–Crippen LogP) is 1.84. The van der Waals surface area contributed by atoms with Gasteiger partial charge in [-0.05, 0) is 24.3 Å². The molecule has 2 aromatic rings. The normalized spacial score (nSPS) is 11.5. The number of urea groups is 1. The van der Waals surface area contributed by atoms with Crippen LogP contribution in [0.4, 0.5) is 10.5 Å². The number of amides is 2. The molecule has 6 nitrogen and oxygen atoms in total. The summed E-state index contributed by atoms with van der Waals surface area (Å²) in [6.07, 6.45) is -0.608. The fourth-order valence-electron chi connectivity index (χ4n) is 2.00. The van der Waals surface area contributed by atoms with Gasteiger partial charge in [0.15, 0.2) is 0 Å². The van der Waals surface area contributed by atoms with Gasteiger partial charge in [-0.15, -0.1) is 0 Å². The number of nitrogens with one attached hydrogen (secondary N) is 3. The summed E-state index contributed by atoms with van der Waals surface area (Å²) >= 11 is 0. The quantitative estimate of drug-likeness (QED) is 0.529. The van der Waals surface area contributed by atoms with Gasteiger partial charge in [-0.1, -0.05) is 36.4 Å². The zero-order chi connectivity index (χ0) is 17.0. The minimum Gasteiger partial charge on any atom is -0.491 e. The van der Waals surface area contributed by atoms with Gasteiger partial charge in [0.1, 0.15) is 18.5 Å². The molecule has 0 radical (unpaired) electrons. The van der Waals surface area contributed by atoms with Crippen LogP contribution in [0.25, 0.3) is 0 Å². The Labute approximate surface area is 141 Å². The first-order valence-corrected chi connectivity index (χ1v) is 7.90. The van der Waals surface area contributed by atoms with E-state index in [4.69, 9.17) is 4.74 Å². The van der Waals surface area contributed by atoms with Gasteiger partial charge in [-0.3, -0.25) is 0 Å². The molecule has 0 fully saturated rings. The van der Waals surface area contributed by atoms with Gasteiger partial charge < -0.3 is 25.8 Å². The molecular weight excluding hydrogens is 306 g/mol. The van der Waals surface area contributed by atoms with Crippen molar-refractivity contribution in [3.8, 4) is 5.75 Å². The van der Waals surface area contributed by atoms with E-state index in [0.717, 1.165) is 11.4 Å². The first-order valence-electron chi connectivity index (χ1n) is 7.90. The van der Waals surface area contributed by atoms with Crippen molar-refractivity contribution >= 4 is 11.7 Å². The number of rotatable bonds is 9. The van der Waals surface area contributed by atoms with E-state index in [9.17, 15) is 9.90 Å². The minimum atomic E-state index is -0.608. The number of carbonyl (C=O) groups is 1. The van der Waals surface area contributed by atoms with Crippen LogP contribution in [0.3, 0.4) is 0 Å². The molecule has 0 aliphatic carbocycles. The molecule has 1 atom stereocenters. The maximum atomic E-state index is 11.6. The van der Waals surface area contributed by atoms with E-state index >= 15 is 0 Å². The minimum absolute atomic E-state index is 0.221. The van der Waals surface area contributed by atoms with E-state index in [1.807, 2.05) is 60.7 Å². The molecule has 128 valence electrons. The first kappa shape index (κ1) is 17.8. The summed E-state index contributed by atoms with van der Waals surface area (Å²) in [7, 11) is 0. The molecule has 0 spiro atoms. The Morgan fingerprint density at radius 1 is 1.00 bits per heavy atom. The molecule has 2 amide bonds. The maximum absolute atomic E-state index is 11.6. The second-order valence-electron chi connectivity index (χ2n) is 5.23. The number of carbonyl (C=O) groups excluding carboxylic acids is 1. The number of para-hydroxylation sites is 2. The zero-order valence-electron chi connectivity index (χ0n) is 13.4. The lowest BCUT2D eigenvalue weighted by molar-refractivity contribution is 0.106. The number of aliphatic hydroxyl groups is 1. The van der Waals surface area contributed by atoms with Gasteiger partial charge in [0.05, 0.1) is 0 Å². The summed E-state index contributed by atoms with van der Waals surface area (Å²) in [5.41, 5.74) is 0.747. The number of hydrogen-bond acceptors (Lipinski definition) is 4. The highest BCUT2D eigenvalue weighted by Crippen LogP contribution is 2.08. The lowest BCUT2D eigenvalue weighted by atomic mass is 10.3. The number of benzene rings is 2. The van der Waals surface area contributed by atoms with Gasteiger partial charge in [0, 0.05) is 25.3 Å². The topological polar surface area (TPSA) is 82.6 Å². The van der Waals surface area contributed by atoms with E-state index in [2.05, 4.69) is 16.0 Å². The third-order valence-electron chi connectivity index (χ3n) is 3.18. The molecule has 0 bridgehead atoms. The third kappa shape index (κ3) is 7.13. The summed E-state index contributed by atoms with van der Waals surface area (Å²) in [5.74, 6) is 0.732. The third-order valence-corrected chi connectivity index (χ3v) is 3.18. The lowest BCUT2D eigenvalue weighted by Crippen LogP contribution is -2.38. The van der Waals surface area contributed by atoms with Crippen molar-refractivity contribution < 1.29 is 14.6 Å². The highest BCUT2D eigenvalue weighted by molar-refractivity contribution is 5.89. The molecule has 0 aliphatic heterocycles. The van der Waals surface area contributed by atoms with Crippen molar-refractivity contribution in [2.24, 2.45) is 0 Å². The molecule has 0 saturated heterocycles. The van der Waals surface area contributed by atoms with Crippen molar-refractivity contribution in [3.05, 3.63) is 60.7 Å². The van der Waals surface area contributed by atoms with Gasteiger partial charge in [0.25, 0.3) is 0 Å². The molecule has 0 aromatic heterocycles. The van der Waals surface area contributed by atoms with Gasteiger partial charge >= 0.3 is 6.03 Å². The van der Waals surface area contributed by atoms with Crippen molar-refractivity contribution in [2.75, 3.05) is 31.6 Å². The predicted molar refractivity (Wildman–Crippen MR) is 94.3 cm³/mol. The van der Waals surface area contributed by atoms with Crippen molar-refractivity contribution in [1.82, 2.24) is 10.6 Å². The molecule has 4 N–H and O–H groups in total. The van der Waals surface area contributed by atoms with Crippen LogP contribution < -0.4 is 20.7 Å². The Morgan fingerprint density at radius 2 is 1.67 bits per heavy atom. The smallest absolute Gasteiger partial charge is 0.319 e. The van der Waals surface area contributed by atoms with Crippen molar-refractivity contribution in [1.29, 1.82) is 0 Å². The van der Waals surface area contributed by atoms with E-state index in [1.54, 1.807) is 0 Å². The van der Waals surface area contributed by atoms with Gasteiger partial charge in [-0.25, -0.2) is 4.79 Å². The molecule has 0 saturated carbocycles. The average molecular weight is 329 g/mol. The standard InChI is InChI=1S/C18H23N3O3/c22-16(14-24-17-9-5-2-6-10-17)13-19-11-12-20-18(23)21-15-7-3-1-4-8-15/h1-10,16,19,22H,11-14H2,(H2,20,21,23)/t16-/m0/s1. The van der Waals surface area contributed by atoms with Crippen LogP contribution in [0.5, 0.6) is 5.75 Å². The number of aliphatic hydroxyl groups excluding tert-OH is 1. The molecule has 0 heterocycles. The molecule has 0 unspecified atom stereocenters. The van der Waals surface area contributed by atoms with Gasteiger partial charge in [0.2, 0.25) is 0 Å². The summed E-state index contributed by atoms with van der Waals surface area (Å²) in [6, 6.07) is 18.3. The highest BCUT2D eigenvalue weighted by Gasteiger charge is 2.05. The van der Waals surface area contributed by atoms with Gasteiger partial charge in [-0.2, -0.15) is 0 Å². The Hall–Kier alpha value is -2.57. The molecule has 2 aromatic carbocycles. The maximum Gasteiger partial charge on any atom is 0.319 e. The van der Waals surface area contributed by atoms with E-state index in [1.165, 1.54) is 0 Å². The Balaban J connectivity index is 1.50. The second kappa shape index (κ2) is 10.3. The number of ether oxygens (including phenoxy) is 1. The molecule has 6 heteroatoms. The summed E-state index contributed by atoms with van der Waals surface area (Å²) in [5, 5.41) is 18.4. The van der Waals surface area contributed by atoms with E-state index < -0.39 is 6.10 Å².